The smallest absolute Gasteiger partial charge is 0.444 e. The first-order chi connectivity index (χ1) is 18.3. The van der Waals surface area contributed by atoms with Crippen molar-refractivity contribution in [1.29, 1.82) is 0 Å². The van der Waals surface area contributed by atoms with Crippen molar-refractivity contribution in [1.82, 2.24) is 14.5 Å². The number of aliphatic imine (C=N–C) groups is 1. The van der Waals surface area contributed by atoms with Gasteiger partial charge in [0.15, 0.2) is 5.78 Å². The summed E-state index contributed by atoms with van der Waals surface area (Å²) in [6, 6.07) is 5.34. The minimum absolute atomic E-state index is 0. The summed E-state index contributed by atoms with van der Waals surface area (Å²) in [5, 5.41) is 2.92. The summed E-state index contributed by atoms with van der Waals surface area (Å²) in [5.41, 5.74) is 6.93. The van der Waals surface area contributed by atoms with E-state index in [1.807, 2.05) is 26.8 Å². The average Bonchev–Trinajstić information content (AvgIpc) is 3.34. The maximum absolute atomic E-state index is 13.0. The summed E-state index contributed by atoms with van der Waals surface area (Å²) in [6.45, 7) is 20.4. The number of aryl methyl sites for hydroxylation is 1. The molecule has 3 rings (SSSR count). The number of ether oxygens (including phenoxy) is 1. The zero-order valence-electron chi connectivity index (χ0n) is 24.7. The molecule has 1 amide bonds. The number of nitrogens with one attached hydrogen (secondary N) is 1. The summed E-state index contributed by atoms with van der Waals surface area (Å²) in [6.07, 6.45) is 5.16. The topological polar surface area (TPSA) is 132 Å². The number of carbonyl (C=O) groups excluding carboxylic acids is 2. The first kappa shape index (κ1) is 34.8. The summed E-state index contributed by atoms with van der Waals surface area (Å²) in [7, 11) is 0. The predicted octanol–water partition coefficient (Wildman–Crippen LogP) is 2.01. The Bertz CT molecular complexity index is 1220. The van der Waals surface area contributed by atoms with E-state index in [0.29, 0.717) is 30.3 Å². The van der Waals surface area contributed by atoms with Crippen LogP contribution in [0.5, 0.6) is 0 Å². The fourth-order valence-corrected chi connectivity index (χ4v) is 4.16. The zero-order valence-corrected chi connectivity index (χ0v) is 24.7. The molecule has 0 saturated heterocycles. The van der Waals surface area contributed by atoms with Crippen LogP contribution in [0.25, 0.3) is 0 Å². The third kappa shape index (κ3) is 10.1. The van der Waals surface area contributed by atoms with Crippen LogP contribution in [-0.2, 0) is 4.74 Å². The molecule has 214 valence electrons. The maximum atomic E-state index is 13.0. The molecule has 1 aliphatic rings. The van der Waals surface area contributed by atoms with Crippen molar-refractivity contribution in [3.05, 3.63) is 72.2 Å². The maximum Gasteiger partial charge on any atom is 1.00 e. The van der Waals surface area contributed by atoms with E-state index in [0.717, 1.165) is 31.2 Å². The number of nitrogens with two attached hydrogens (primary N) is 1. The van der Waals surface area contributed by atoms with Gasteiger partial charge in [-0.1, -0.05) is 25.1 Å². The minimum atomic E-state index is -0.445. The molecule has 1 saturated carbocycles. The van der Waals surface area contributed by atoms with Crippen LogP contribution in [0.1, 0.15) is 80.9 Å². The third-order valence-corrected chi connectivity index (χ3v) is 5.97. The predicted molar refractivity (Wildman–Crippen MR) is 155 cm³/mol. The molecule has 0 spiro atoms. The second-order valence-electron chi connectivity index (χ2n) is 10.4. The second-order valence-corrected chi connectivity index (χ2v) is 10.4. The van der Waals surface area contributed by atoms with E-state index in [-0.39, 0.29) is 53.9 Å². The molecule has 2 aromatic rings. The molecule has 1 fully saturated rings. The van der Waals surface area contributed by atoms with Gasteiger partial charge in [-0.15, -0.1) is 13.1 Å². The van der Waals surface area contributed by atoms with Crippen LogP contribution in [0.3, 0.4) is 0 Å². The van der Waals surface area contributed by atoms with E-state index >= 15 is 0 Å². The minimum Gasteiger partial charge on any atom is -0.444 e. The van der Waals surface area contributed by atoms with Gasteiger partial charge in [-0.05, 0) is 59.1 Å². The van der Waals surface area contributed by atoms with Crippen molar-refractivity contribution in [3.63, 3.8) is 0 Å². The van der Waals surface area contributed by atoms with Crippen LogP contribution >= 0.6 is 0 Å². The van der Waals surface area contributed by atoms with Crippen LogP contribution in [-0.4, -0.2) is 51.0 Å². The second kappa shape index (κ2) is 15.5. The van der Waals surface area contributed by atoms with Gasteiger partial charge < -0.3 is 39.5 Å². The molecule has 0 unspecified atom stereocenters. The Balaban J connectivity index is 0.000000525. The number of anilines is 1. The van der Waals surface area contributed by atoms with Crippen molar-refractivity contribution in [2.45, 2.75) is 71.9 Å². The number of ketones is 1. The van der Waals surface area contributed by atoms with E-state index < -0.39 is 5.60 Å². The van der Waals surface area contributed by atoms with E-state index in [1.165, 1.54) is 11.8 Å². The van der Waals surface area contributed by atoms with Crippen molar-refractivity contribution in [2.75, 3.05) is 18.4 Å². The molecule has 0 bridgehead atoms. The van der Waals surface area contributed by atoms with E-state index in [2.05, 4.69) is 36.1 Å². The van der Waals surface area contributed by atoms with E-state index in [9.17, 15) is 14.4 Å². The molecule has 40 heavy (non-hydrogen) atoms. The molecule has 2 aromatic heterocycles. The number of amides is 1. The molecule has 0 radical (unpaired) electrons. The first-order valence-corrected chi connectivity index (χ1v) is 13.0. The van der Waals surface area contributed by atoms with Gasteiger partial charge in [0, 0.05) is 6.04 Å². The Morgan fingerprint density at radius 3 is 2.30 bits per heavy atom. The molecule has 0 aliphatic heterocycles. The average molecular weight is 545 g/mol. The van der Waals surface area contributed by atoms with Gasteiger partial charge in [0.2, 0.25) is 5.96 Å². The number of hydrogen-bond acceptors (Lipinski definition) is 6. The molecule has 0 aromatic carbocycles. The fraction of sp³-hybridized carbons (Fsp3) is 0.448. The van der Waals surface area contributed by atoms with Gasteiger partial charge in [-0.2, -0.15) is 23.5 Å². The van der Waals surface area contributed by atoms with Crippen molar-refractivity contribution < 1.29 is 33.2 Å². The van der Waals surface area contributed by atoms with Gasteiger partial charge in [0.25, 0.3) is 5.56 Å². The number of carbonyl (C=O) groups is 2. The number of aromatic nitrogens is 2. The summed E-state index contributed by atoms with van der Waals surface area (Å²) in [4.78, 5) is 46.3. The Kier molecular flexibility index (Phi) is 13.5. The first-order valence-electron chi connectivity index (χ1n) is 13.0. The normalized spacial score (nSPS) is 13.5. The van der Waals surface area contributed by atoms with Gasteiger partial charge in [0.1, 0.15) is 17.2 Å². The number of Topliss-reactive ketones (excluding diaryl/α,β-unsaturated/α-hetero) is 1. The molecular formula is C29H41LiN6O4-2. The van der Waals surface area contributed by atoms with Gasteiger partial charge >= 0.3 is 25.0 Å². The zero-order chi connectivity index (χ0) is 29.3. The SMILES string of the molecule is [CH2-]CN(C[CH2-])C(=O)OC(C)(C)C.[CH2-]c1ccc(N/C(N)=N/c2cc(C)c(C(C)=O)c(=O)n2C2CCCC2)nc1.[Li+]. The Hall–Kier alpha value is -3.22. The molecule has 1 aliphatic carbocycles. The summed E-state index contributed by atoms with van der Waals surface area (Å²) >= 11 is 0. The van der Waals surface area contributed by atoms with Crippen molar-refractivity contribution >= 4 is 29.5 Å². The number of guanidine groups is 1. The molecule has 0 atom stereocenters. The van der Waals surface area contributed by atoms with Crippen LogP contribution < -0.4 is 35.5 Å². The molecule has 2 heterocycles. The number of rotatable bonds is 6. The number of hydrogen-bond donors (Lipinski definition) is 2. The molecule has 11 heteroatoms. The monoisotopic (exact) mass is 544 g/mol. The quantitative estimate of drug-likeness (QED) is 0.187. The van der Waals surface area contributed by atoms with Crippen LogP contribution in [0.15, 0.2) is 34.2 Å². The van der Waals surface area contributed by atoms with Crippen LogP contribution in [0.2, 0.25) is 0 Å². The molecular weight excluding hydrogens is 503 g/mol. The number of nitrogens with zero attached hydrogens (tertiary/aromatic N) is 4. The number of pyridine rings is 2. The standard InChI is InChI=1S/C20H24N5O2.C9H17NO2.Li/c1-12-8-9-16(22-11-12)23-20(21)24-17-10-13(2)18(14(3)26)19(27)25(17)15-6-4-5-7-15;1-6-10(7-2)8(11)12-9(3,4)5;/h8-11,15H,1,4-7H2,2-3H3,(H3,21,22,23,24);1-2,6-7H2,3-5H3;/q-1;-2;+1. The van der Waals surface area contributed by atoms with Gasteiger partial charge in [0.05, 0.1) is 5.56 Å². The van der Waals surface area contributed by atoms with Crippen LogP contribution in [0, 0.1) is 27.7 Å². The summed E-state index contributed by atoms with van der Waals surface area (Å²) in [5.74, 6) is 0.882. The Morgan fingerprint density at radius 2 is 1.82 bits per heavy atom. The molecule has 10 nitrogen and oxygen atoms in total. The van der Waals surface area contributed by atoms with Gasteiger partial charge in [-0.3, -0.25) is 14.2 Å². The fourth-order valence-electron chi connectivity index (χ4n) is 4.16. The molecule has 3 N–H and O–H groups in total. The van der Waals surface area contributed by atoms with Gasteiger partial charge in [-0.25, -0.2) is 4.79 Å². The third-order valence-electron chi connectivity index (χ3n) is 5.97. The largest absolute Gasteiger partial charge is 1.00 e. The van der Waals surface area contributed by atoms with Crippen molar-refractivity contribution in [2.24, 2.45) is 10.7 Å². The van der Waals surface area contributed by atoms with Crippen molar-refractivity contribution in [3.8, 4) is 0 Å². The summed E-state index contributed by atoms with van der Waals surface area (Å²) < 4.78 is 6.71. The van der Waals surface area contributed by atoms with E-state index in [4.69, 9.17) is 10.5 Å². The Labute approximate surface area is 250 Å². The van der Waals surface area contributed by atoms with Crippen LogP contribution in [0.4, 0.5) is 16.4 Å². The van der Waals surface area contributed by atoms with E-state index in [1.54, 1.807) is 29.8 Å². The Morgan fingerprint density at radius 1 is 1.23 bits per heavy atom.